The highest BCUT2D eigenvalue weighted by Gasteiger charge is 2.40. The van der Waals surface area contributed by atoms with E-state index in [2.05, 4.69) is 0 Å². The Bertz CT molecular complexity index is 889. The van der Waals surface area contributed by atoms with Crippen LogP contribution in [0.3, 0.4) is 0 Å². The molecule has 2 aromatic carbocycles. The van der Waals surface area contributed by atoms with Gasteiger partial charge in [0, 0.05) is 5.25 Å². The number of carbonyl (C=O) groups is 2. The van der Waals surface area contributed by atoms with Gasteiger partial charge >= 0.3 is 0 Å². The Morgan fingerprint density at radius 3 is 2.19 bits per heavy atom. The molecule has 1 aliphatic heterocycles. The molecule has 6 heteroatoms. The van der Waals surface area contributed by atoms with E-state index in [0.717, 1.165) is 0 Å². The zero-order valence-electron chi connectivity index (χ0n) is 15.4. The minimum atomic E-state index is -0.404. The summed E-state index contributed by atoms with van der Waals surface area (Å²) in [5, 5.41) is 0.118. The molecule has 2 aromatic rings. The zero-order valence-corrected chi connectivity index (χ0v) is 16.2. The van der Waals surface area contributed by atoms with Crippen LogP contribution < -0.4 is 9.64 Å². The summed E-state index contributed by atoms with van der Waals surface area (Å²) in [6, 6.07) is 12.5. The second-order valence-corrected chi connectivity index (χ2v) is 7.84. The summed E-state index contributed by atoms with van der Waals surface area (Å²) in [5.41, 5.74) is 1.33. The SMILES string of the molecule is CCOc1ccc(N2C(=O)C(SC(C)C)=C(c3ccc(F)cc3)C2=O)cc1. The van der Waals surface area contributed by atoms with Crippen molar-refractivity contribution in [3.05, 3.63) is 64.8 Å². The van der Waals surface area contributed by atoms with Crippen LogP contribution in [0.5, 0.6) is 5.75 Å². The summed E-state index contributed by atoms with van der Waals surface area (Å²) in [7, 11) is 0. The number of imide groups is 1. The molecule has 0 aromatic heterocycles. The van der Waals surface area contributed by atoms with Crippen molar-refractivity contribution in [2.75, 3.05) is 11.5 Å². The van der Waals surface area contributed by atoms with E-state index in [4.69, 9.17) is 4.74 Å². The maximum Gasteiger partial charge on any atom is 0.272 e. The fraction of sp³-hybridized carbons (Fsp3) is 0.238. The van der Waals surface area contributed by atoms with E-state index < -0.39 is 11.7 Å². The summed E-state index contributed by atoms with van der Waals surface area (Å²) < 4.78 is 18.7. The first-order valence-electron chi connectivity index (χ1n) is 8.71. The van der Waals surface area contributed by atoms with E-state index in [9.17, 15) is 14.0 Å². The van der Waals surface area contributed by atoms with Crippen molar-refractivity contribution in [1.82, 2.24) is 0 Å². The fourth-order valence-corrected chi connectivity index (χ4v) is 3.80. The van der Waals surface area contributed by atoms with Crippen molar-refractivity contribution < 1.29 is 18.7 Å². The standard InChI is InChI=1S/C21H20FNO3S/c1-4-26-17-11-9-16(10-12-17)23-20(24)18(14-5-7-15(22)8-6-14)19(21(23)25)27-13(2)3/h5-13H,4H2,1-3H3. The van der Waals surface area contributed by atoms with Gasteiger partial charge in [0.2, 0.25) is 0 Å². The third-order valence-corrected chi connectivity index (χ3v) is 5.02. The van der Waals surface area contributed by atoms with Gasteiger partial charge in [-0.05, 0) is 48.9 Å². The van der Waals surface area contributed by atoms with Crippen LogP contribution in [0.15, 0.2) is 53.4 Å². The predicted octanol–water partition coefficient (Wildman–Crippen LogP) is 4.65. The Labute approximate surface area is 162 Å². The molecule has 27 heavy (non-hydrogen) atoms. The van der Waals surface area contributed by atoms with Crippen molar-refractivity contribution >= 4 is 34.8 Å². The number of rotatable bonds is 6. The molecule has 0 bridgehead atoms. The van der Waals surface area contributed by atoms with Crippen molar-refractivity contribution in [3.8, 4) is 5.75 Å². The number of hydrogen-bond donors (Lipinski definition) is 0. The fourth-order valence-electron chi connectivity index (χ4n) is 2.82. The Morgan fingerprint density at radius 2 is 1.63 bits per heavy atom. The first-order valence-corrected chi connectivity index (χ1v) is 9.58. The largest absolute Gasteiger partial charge is 0.494 e. The second-order valence-electron chi connectivity index (χ2n) is 6.25. The Morgan fingerprint density at radius 1 is 1.00 bits per heavy atom. The highest BCUT2D eigenvalue weighted by molar-refractivity contribution is 8.04. The van der Waals surface area contributed by atoms with Gasteiger partial charge in [-0.3, -0.25) is 9.59 Å². The Hall–Kier alpha value is -2.60. The molecule has 0 radical (unpaired) electrons. The van der Waals surface area contributed by atoms with Crippen LogP contribution in [-0.2, 0) is 9.59 Å². The molecule has 0 fully saturated rings. The van der Waals surface area contributed by atoms with Crippen LogP contribution in [0.1, 0.15) is 26.3 Å². The number of halogens is 1. The van der Waals surface area contributed by atoms with Crippen molar-refractivity contribution in [1.29, 1.82) is 0 Å². The third kappa shape index (κ3) is 3.90. The molecule has 0 unspecified atom stereocenters. The van der Waals surface area contributed by atoms with E-state index in [0.29, 0.717) is 34.1 Å². The number of hydrogen-bond acceptors (Lipinski definition) is 4. The maximum absolute atomic E-state index is 13.3. The van der Waals surface area contributed by atoms with E-state index in [1.807, 2.05) is 20.8 Å². The van der Waals surface area contributed by atoms with Gasteiger partial charge in [0.25, 0.3) is 11.8 Å². The second kappa shape index (κ2) is 7.96. The van der Waals surface area contributed by atoms with Crippen molar-refractivity contribution in [2.24, 2.45) is 0 Å². The molecule has 2 amide bonds. The van der Waals surface area contributed by atoms with E-state index in [1.54, 1.807) is 24.3 Å². The number of amides is 2. The normalized spacial score (nSPS) is 14.5. The molecule has 0 saturated heterocycles. The van der Waals surface area contributed by atoms with Gasteiger partial charge in [-0.1, -0.05) is 26.0 Å². The third-order valence-electron chi connectivity index (χ3n) is 3.93. The molecule has 140 valence electrons. The van der Waals surface area contributed by atoms with Crippen molar-refractivity contribution in [3.63, 3.8) is 0 Å². The van der Waals surface area contributed by atoms with Crippen LogP contribution in [0, 0.1) is 5.82 Å². The summed E-state index contributed by atoms with van der Waals surface area (Å²) in [6.45, 7) is 6.33. The summed E-state index contributed by atoms with van der Waals surface area (Å²) in [5.74, 6) is -0.484. The molecule has 0 N–H and O–H groups in total. The lowest BCUT2D eigenvalue weighted by Gasteiger charge is -2.16. The number of anilines is 1. The molecular weight excluding hydrogens is 365 g/mol. The van der Waals surface area contributed by atoms with Gasteiger partial charge in [0.15, 0.2) is 0 Å². The maximum atomic E-state index is 13.3. The smallest absolute Gasteiger partial charge is 0.272 e. The minimum absolute atomic E-state index is 0.118. The van der Waals surface area contributed by atoms with Crippen molar-refractivity contribution in [2.45, 2.75) is 26.0 Å². The highest BCUT2D eigenvalue weighted by Crippen LogP contribution is 2.40. The molecule has 3 rings (SSSR count). The van der Waals surface area contributed by atoms with Crippen LogP contribution in [-0.4, -0.2) is 23.7 Å². The van der Waals surface area contributed by atoms with E-state index in [-0.39, 0.29) is 11.2 Å². The summed E-state index contributed by atoms with van der Waals surface area (Å²) >= 11 is 1.34. The number of ether oxygens (including phenoxy) is 1. The van der Waals surface area contributed by atoms with Crippen LogP contribution in [0.25, 0.3) is 5.57 Å². The van der Waals surface area contributed by atoms with Gasteiger partial charge in [-0.2, -0.15) is 0 Å². The molecule has 0 atom stereocenters. The summed E-state index contributed by atoms with van der Waals surface area (Å²) in [4.78, 5) is 27.7. The average molecular weight is 385 g/mol. The van der Waals surface area contributed by atoms with Gasteiger partial charge in [-0.15, -0.1) is 11.8 Å². The minimum Gasteiger partial charge on any atom is -0.494 e. The summed E-state index contributed by atoms with van der Waals surface area (Å²) in [6.07, 6.45) is 0. The molecular formula is C21H20FNO3S. The number of nitrogens with zero attached hydrogens (tertiary/aromatic N) is 1. The highest BCUT2D eigenvalue weighted by atomic mass is 32.2. The Balaban J connectivity index is 2.02. The average Bonchev–Trinajstić information content (AvgIpc) is 2.87. The van der Waals surface area contributed by atoms with Crippen LogP contribution in [0.4, 0.5) is 10.1 Å². The topological polar surface area (TPSA) is 46.6 Å². The van der Waals surface area contributed by atoms with Crippen LogP contribution in [0.2, 0.25) is 0 Å². The van der Waals surface area contributed by atoms with E-state index >= 15 is 0 Å². The van der Waals surface area contributed by atoms with Gasteiger partial charge < -0.3 is 4.74 Å². The van der Waals surface area contributed by atoms with Gasteiger partial charge in [-0.25, -0.2) is 9.29 Å². The first kappa shape index (κ1) is 19.2. The number of carbonyl (C=O) groups excluding carboxylic acids is 2. The lowest BCUT2D eigenvalue weighted by molar-refractivity contribution is -0.119. The molecule has 1 aliphatic rings. The molecule has 1 heterocycles. The quantitative estimate of drug-likeness (QED) is 0.679. The number of benzene rings is 2. The molecule has 0 saturated carbocycles. The molecule has 0 aliphatic carbocycles. The number of thioether (sulfide) groups is 1. The van der Waals surface area contributed by atoms with Crippen LogP contribution >= 0.6 is 11.8 Å². The Kier molecular flexibility index (Phi) is 5.65. The predicted molar refractivity (Wildman–Crippen MR) is 106 cm³/mol. The lowest BCUT2D eigenvalue weighted by Crippen LogP contribution is -2.31. The lowest BCUT2D eigenvalue weighted by atomic mass is 10.1. The molecule has 4 nitrogen and oxygen atoms in total. The van der Waals surface area contributed by atoms with E-state index in [1.165, 1.54) is 40.9 Å². The molecule has 0 spiro atoms. The zero-order chi connectivity index (χ0) is 19.6. The van der Waals surface area contributed by atoms with Gasteiger partial charge in [0.05, 0.1) is 22.8 Å². The monoisotopic (exact) mass is 385 g/mol. The first-order chi connectivity index (χ1) is 12.9. The van der Waals surface area contributed by atoms with Gasteiger partial charge in [0.1, 0.15) is 11.6 Å².